The summed E-state index contributed by atoms with van der Waals surface area (Å²) in [5, 5.41) is 9.50. The van der Waals surface area contributed by atoms with Crippen molar-refractivity contribution in [1.82, 2.24) is 4.90 Å². The predicted molar refractivity (Wildman–Crippen MR) is 77.9 cm³/mol. The molecule has 20 heavy (non-hydrogen) atoms. The molecule has 1 aliphatic rings. The molecule has 0 bridgehead atoms. The fourth-order valence-electron chi connectivity index (χ4n) is 2.99. The molecule has 2 atom stereocenters. The van der Waals surface area contributed by atoms with E-state index in [4.69, 9.17) is 4.74 Å². The molecule has 1 aliphatic heterocycles. The van der Waals surface area contributed by atoms with Crippen LogP contribution in [0.15, 0.2) is 30.3 Å². The summed E-state index contributed by atoms with van der Waals surface area (Å²) in [6.07, 6.45) is 0.129. The number of morpholine rings is 1. The second-order valence-electron chi connectivity index (χ2n) is 6.18. The highest BCUT2D eigenvalue weighted by Gasteiger charge is 2.33. The summed E-state index contributed by atoms with van der Waals surface area (Å²) in [5.74, 6) is -1.26. The molecule has 4 heteroatoms. The zero-order valence-corrected chi connectivity index (χ0v) is 12.4. The minimum Gasteiger partial charge on any atom is -0.481 e. The first-order valence-electron chi connectivity index (χ1n) is 7.05. The van der Waals surface area contributed by atoms with E-state index < -0.39 is 11.9 Å². The molecule has 1 N–H and O–H groups in total. The Balaban J connectivity index is 2.11. The van der Waals surface area contributed by atoms with Gasteiger partial charge < -0.3 is 9.84 Å². The topological polar surface area (TPSA) is 49.8 Å². The van der Waals surface area contributed by atoms with Crippen molar-refractivity contribution in [2.24, 2.45) is 0 Å². The Hall–Kier alpha value is -1.39. The van der Waals surface area contributed by atoms with Crippen LogP contribution < -0.4 is 0 Å². The highest BCUT2D eigenvalue weighted by molar-refractivity contribution is 5.76. The van der Waals surface area contributed by atoms with E-state index in [-0.39, 0.29) is 11.7 Å². The van der Waals surface area contributed by atoms with Crippen molar-refractivity contribution < 1.29 is 14.6 Å². The first kappa shape index (κ1) is 15.0. The molecule has 1 fully saturated rings. The van der Waals surface area contributed by atoms with Crippen molar-refractivity contribution in [3.63, 3.8) is 0 Å². The Morgan fingerprint density at radius 1 is 1.45 bits per heavy atom. The van der Waals surface area contributed by atoms with Crippen LogP contribution in [0, 0.1) is 0 Å². The van der Waals surface area contributed by atoms with Gasteiger partial charge in [-0.05, 0) is 26.3 Å². The summed E-state index contributed by atoms with van der Waals surface area (Å²) in [6, 6.07) is 9.44. The predicted octanol–water partition coefficient (Wildman–Crippen LogP) is 2.35. The number of carbonyl (C=O) groups is 1. The standard InChI is InChI=1S/C16H23NO3/c1-12-9-17(11-16(2,3)20-12)10-14(15(18)19)13-7-5-4-6-8-13/h4-8,12,14H,9-11H2,1-3H3,(H,18,19). The zero-order chi connectivity index (χ0) is 14.8. The van der Waals surface area contributed by atoms with E-state index in [1.54, 1.807) is 0 Å². The summed E-state index contributed by atoms with van der Waals surface area (Å²) < 4.78 is 5.86. The molecule has 1 saturated heterocycles. The quantitative estimate of drug-likeness (QED) is 0.918. The molecule has 1 aromatic carbocycles. The number of nitrogens with zero attached hydrogens (tertiary/aromatic N) is 1. The summed E-state index contributed by atoms with van der Waals surface area (Å²) in [5.41, 5.74) is 0.633. The lowest BCUT2D eigenvalue weighted by atomic mass is 9.97. The highest BCUT2D eigenvalue weighted by Crippen LogP contribution is 2.24. The third-order valence-corrected chi connectivity index (χ3v) is 3.58. The smallest absolute Gasteiger partial charge is 0.312 e. The van der Waals surface area contributed by atoms with E-state index in [1.807, 2.05) is 51.1 Å². The van der Waals surface area contributed by atoms with Crippen LogP contribution >= 0.6 is 0 Å². The number of aliphatic carboxylic acids is 1. The normalized spacial score (nSPS) is 24.2. The van der Waals surface area contributed by atoms with Gasteiger partial charge >= 0.3 is 5.97 Å². The second-order valence-corrected chi connectivity index (χ2v) is 6.18. The molecule has 1 heterocycles. The Morgan fingerprint density at radius 3 is 2.65 bits per heavy atom. The monoisotopic (exact) mass is 277 g/mol. The molecule has 0 amide bonds. The van der Waals surface area contributed by atoms with Gasteiger partial charge in [0, 0.05) is 19.6 Å². The molecule has 0 spiro atoms. The van der Waals surface area contributed by atoms with E-state index in [0.717, 1.165) is 18.7 Å². The van der Waals surface area contributed by atoms with Gasteiger partial charge in [0.1, 0.15) is 0 Å². The Bertz CT molecular complexity index is 458. The number of hydrogen-bond donors (Lipinski definition) is 1. The van der Waals surface area contributed by atoms with Gasteiger partial charge in [-0.2, -0.15) is 0 Å². The van der Waals surface area contributed by atoms with Crippen molar-refractivity contribution in [3.05, 3.63) is 35.9 Å². The van der Waals surface area contributed by atoms with Gasteiger partial charge in [-0.1, -0.05) is 30.3 Å². The third kappa shape index (κ3) is 3.81. The number of carboxylic acid groups (broad SMARTS) is 1. The zero-order valence-electron chi connectivity index (χ0n) is 12.4. The first-order chi connectivity index (χ1) is 9.37. The molecule has 2 unspecified atom stereocenters. The molecular weight excluding hydrogens is 254 g/mol. The molecule has 0 radical (unpaired) electrons. The van der Waals surface area contributed by atoms with Gasteiger partial charge in [0.15, 0.2) is 0 Å². The maximum Gasteiger partial charge on any atom is 0.312 e. The summed E-state index contributed by atoms with van der Waals surface area (Å²) in [7, 11) is 0. The summed E-state index contributed by atoms with van der Waals surface area (Å²) >= 11 is 0. The lowest BCUT2D eigenvalue weighted by molar-refractivity contribution is -0.145. The number of benzene rings is 1. The van der Waals surface area contributed by atoms with Crippen LogP contribution in [0.2, 0.25) is 0 Å². The fourth-order valence-corrected chi connectivity index (χ4v) is 2.99. The van der Waals surface area contributed by atoms with Crippen molar-refractivity contribution in [1.29, 1.82) is 0 Å². The minimum absolute atomic E-state index is 0.129. The van der Waals surface area contributed by atoms with E-state index in [0.29, 0.717) is 6.54 Å². The number of hydrogen-bond acceptors (Lipinski definition) is 3. The summed E-state index contributed by atoms with van der Waals surface area (Å²) in [6.45, 7) is 8.19. The van der Waals surface area contributed by atoms with Crippen LogP contribution in [0.4, 0.5) is 0 Å². The van der Waals surface area contributed by atoms with E-state index >= 15 is 0 Å². The van der Waals surface area contributed by atoms with Gasteiger partial charge in [-0.25, -0.2) is 0 Å². The van der Waals surface area contributed by atoms with Crippen molar-refractivity contribution >= 4 is 5.97 Å². The Kier molecular flexibility index (Phi) is 4.45. The maximum atomic E-state index is 11.6. The lowest BCUT2D eigenvalue weighted by Crippen LogP contribution is -2.53. The van der Waals surface area contributed by atoms with Gasteiger partial charge in [-0.3, -0.25) is 9.69 Å². The first-order valence-corrected chi connectivity index (χ1v) is 7.05. The average molecular weight is 277 g/mol. The fraction of sp³-hybridized carbons (Fsp3) is 0.562. The van der Waals surface area contributed by atoms with Crippen LogP contribution in [0.25, 0.3) is 0 Å². The van der Waals surface area contributed by atoms with E-state index in [9.17, 15) is 9.90 Å². The minimum atomic E-state index is -0.770. The molecule has 2 rings (SSSR count). The molecular formula is C16H23NO3. The molecule has 1 aromatic rings. The van der Waals surface area contributed by atoms with Crippen molar-refractivity contribution in [2.45, 2.75) is 38.4 Å². The molecule has 0 saturated carbocycles. The van der Waals surface area contributed by atoms with Crippen LogP contribution in [-0.4, -0.2) is 47.3 Å². The van der Waals surface area contributed by atoms with Crippen LogP contribution in [0.3, 0.4) is 0 Å². The van der Waals surface area contributed by atoms with Gasteiger partial charge in [0.25, 0.3) is 0 Å². The molecule has 0 aromatic heterocycles. The van der Waals surface area contributed by atoms with E-state index in [2.05, 4.69) is 4.90 Å². The van der Waals surface area contributed by atoms with Crippen LogP contribution in [0.1, 0.15) is 32.3 Å². The summed E-state index contributed by atoms with van der Waals surface area (Å²) in [4.78, 5) is 13.8. The van der Waals surface area contributed by atoms with Crippen molar-refractivity contribution in [2.75, 3.05) is 19.6 Å². The maximum absolute atomic E-state index is 11.6. The van der Waals surface area contributed by atoms with Gasteiger partial charge in [0.05, 0.1) is 17.6 Å². The average Bonchev–Trinajstić information content (AvgIpc) is 2.34. The Labute approximate surface area is 120 Å². The highest BCUT2D eigenvalue weighted by atomic mass is 16.5. The lowest BCUT2D eigenvalue weighted by Gasteiger charge is -2.42. The third-order valence-electron chi connectivity index (χ3n) is 3.58. The number of carboxylic acids is 1. The number of rotatable bonds is 4. The SMILES string of the molecule is CC1CN(CC(C(=O)O)c2ccccc2)CC(C)(C)O1. The van der Waals surface area contributed by atoms with Crippen molar-refractivity contribution in [3.8, 4) is 0 Å². The number of ether oxygens (including phenoxy) is 1. The van der Waals surface area contributed by atoms with Gasteiger partial charge in [0.2, 0.25) is 0 Å². The molecule has 110 valence electrons. The Morgan fingerprint density at radius 2 is 2.10 bits per heavy atom. The van der Waals surface area contributed by atoms with Crippen LogP contribution in [-0.2, 0) is 9.53 Å². The second kappa shape index (κ2) is 5.94. The van der Waals surface area contributed by atoms with Gasteiger partial charge in [-0.15, -0.1) is 0 Å². The molecule has 0 aliphatic carbocycles. The molecule has 4 nitrogen and oxygen atoms in total. The van der Waals surface area contributed by atoms with E-state index in [1.165, 1.54) is 0 Å². The van der Waals surface area contributed by atoms with Crippen LogP contribution in [0.5, 0.6) is 0 Å². The largest absolute Gasteiger partial charge is 0.481 e.